The van der Waals surface area contributed by atoms with Crippen LogP contribution < -0.4 is 30.8 Å². The lowest BCUT2D eigenvalue weighted by Crippen LogP contribution is -2.31. The number of benzene rings is 1. The number of anilines is 2. The number of amides is 1. The van der Waals surface area contributed by atoms with Crippen molar-refractivity contribution in [2.24, 2.45) is 0 Å². The molecule has 1 amide bonds. The highest BCUT2D eigenvalue weighted by atomic mass is 16.5. The van der Waals surface area contributed by atoms with Gasteiger partial charge in [0.15, 0.2) is 11.5 Å². The summed E-state index contributed by atoms with van der Waals surface area (Å²) in [6.45, 7) is 0. The first-order valence-electron chi connectivity index (χ1n) is 7.48. The molecule has 0 fully saturated rings. The Bertz CT molecular complexity index is 868. The quantitative estimate of drug-likeness (QED) is 0.748. The third-order valence-corrected chi connectivity index (χ3v) is 4.06. The van der Waals surface area contributed by atoms with Crippen LogP contribution in [0.1, 0.15) is 23.5 Å². The fraction of sp³-hybridized carbons (Fsp3) is 0.312. The molecule has 1 aromatic heterocycles. The summed E-state index contributed by atoms with van der Waals surface area (Å²) in [5.74, 6) is 0.621. The number of H-pyrrole nitrogens is 1. The Balaban J connectivity index is 2.21. The first-order chi connectivity index (χ1) is 12.0. The van der Waals surface area contributed by atoms with Gasteiger partial charge in [-0.15, -0.1) is 0 Å². The first-order valence-corrected chi connectivity index (χ1v) is 7.48. The van der Waals surface area contributed by atoms with Crippen molar-refractivity contribution in [2.75, 3.05) is 32.4 Å². The fourth-order valence-electron chi connectivity index (χ4n) is 2.98. The average molecular weight is 346 g/mol. The summed E-state index contributed by atoms with van der Waals surface area (Å²) >= 11 is 0. The van der Waals surface area contributed by atoms with Crippen LogP contribution in [0.25, 0.3) is 0 Å². The number of nitrogens with one attached hydrogen (secondary N) is 2. The zero-order chi connectivity index (χ0) is 18.1. The molecule has 9 heteroatoms. The van der Waals surface area contributed by atoms with E-state index in [-0.39, 0.29) is 24.1 Å². The highest BCUT2D eigenvalue weighted by Gasteiger charge is 2.32. The van der Waals surface area contributed by atoms with Gasteiger partial charge in [-0.05, 0) is 17.7 Å². The van der Waals surface area contributed by atoms with Gasteiger partial charge in [-0.2, -0.15) is 4.98 Å². The van der Waals surface area contributed by atoms with Crippen LogP contribution in [0.15, 0.2) is 16.9 Å². The van der Waals surface area contributed by atoms with E-state index in [0.29, 0.717) is 28.4 Å². The Hall–Kier alpha value is -3.23. The SMILES string of the molecule is COc1cc(C2CC(=O)Nc3nc(N)[nH]c(=O)c32)cc(OC)c1OC. The molecular formula is C16H18N4O5. The van der Waals surface area contributed by atoms with E-state index in [4.69, 9.17) is 19.9 Å². The van der Waals surface area contributed by atoms with E-state index in [9.17, 15) is 9.59 Å². The van der Waals surface area contributed by atoms with E-state index < -0.39 is 11.5 Å². The number of aromatic amines is 1. The van der Waals surface area contributed by atoms with E-state index in [2.05, 4.69) is 15.3 Å². The molecule has 2 aromatic rings. The second kappa shape index (κ2) is 6.34. The van der Waals surface area contributed by atoms with Crippen LogP contribution in [0.5, 0.6) is 17.2 Å². The molecule has 0 saturated heterocycles. The minimum absolute atomic E-state index is 0.0606. The van der Waals surface area contributed by atoms with E-state index >= 15 is 0 Å². The molecule has 1 atom stereocenters. The second-order valence-corrected chi connectivity index (χ2v) is 5.48. The Morgan fingerprint density at radius 3 is 2.32 bits per heavy atom. The van der Waals surface area contributed by atoms with Crippen LogP contribution in [-0.2, 0) is 4.79 Å². The minimum Gasteiger partial charge on any atom is -0.493 e. The van der Waals surface area contributed by atoms with Gasteiger partial charge in [0.25, 0.3) is 5.56 Å². The van der Waals surface area contributed by atoms with Crippen molar-refractivity contribution in [1.29, 1.82) is 0 Å². The monoisotopic (exact) mass is 346 g/mol. The summed E-state index contributed by atoms with van der Waals surface area (Å²) in [4.78, 5) is 31.0. The summed E-state index contributed by atoms with van der Waals surface area (Å²) in [5, 5.41) is 2.58. The van der Waals surface area contributed by atoms with Crippen molar-refractivity contribution in [2.45, 2.75) is 12.3 Å². The smallest absolute Gasteiger partial charge is 0.258 e. The number of nitrogens with two attached hydrogens (primary N) is 1. The van der Waals surface area contributed by atoms with Crippen molar-refractivity contribution < 1.29 is 19.0 Å². The molecule has 9 nitrogen and oxygen atoms in total. The molecule has 1 unspecified atom stereocenters. The van der Waals surface area contributed by atoms with Crippen molar-refractivity contribution in [3.8, 4) is 17.2 Å². The third kappa shape index (κ3) is 2.84. The molecule has 0 radical (unpaired) electrons. The summed E-state index contributed by atoms with van der Waals surface area (Å²) in [6.07, 6.45) is 0.0836. The van der Waals surface area contributed by atoms with Crippen LogP contribution in [0.4, 0.5) is 11.8 Å². The number of aromatic nitrogens is 2. The number of carbonyl (C=O) groups excluding carboxylic acids is 1. The molecule has 0 saturated carbocycles. The van der Waals surface area contributed by atoms with Crippen LogP contribution in [0, 0.1) is 0 Å². The molecule has 4 N–H and O–H groups in total. The Labute approximate surface area is 143 Å². The van der Waals surface area contributed by atoms with E-state index in [1.165, 1.54) is 21.3 Å². The molecule has 132 valence electrons. The Morgan fingerprint density at radius 2 is 1.76 bits per heavy atom. The number of carbonyl (C=O) groups is 1. The van der Waals surface area contributed by atoms with E-state index in [0.717, 1.165) is 0 Å². The van der Waals surface area contributed by atoms with E-state index in [1.807, 2.05) is 0 Å². The van der Waals surface area contributed by atoms with Gasteiger partial charge in [0.1, 0.15) is 5.82 Å². The molecule has 0 spiro atoms. The van der Waals surface area contributed by atoms with Gasteiger partial charge < -0.3 is 25.3 Å². The molecule has 0 bridgehead atoms. The van der Waals surface area contributed by atoms with Gasteiger partial charge in [-0.1, -0.05) is 0 Å². The zero-order valence-corrected chi connectivity index (χ0v) is 14.0. The standard InChI is InChI=1S/C16H18N4O5/c1-23-9-4-7(5-10(24-2)13(9)25-3)8-6-11(21)18-14-12(8)15(22)20-16(17)19-14/h4-5,8H,6H2,1-3H3,(H4,17,18,19,20,21,22). The van der Waals surface area contributed by atoms with Gasteiger partial charge in [-0.3, -0.25) is 14.6 Å². The molecule has 3 rings (SSSR count). The Kier molecular flexibility index (Phi) is 4.22. The maximum Gasteiger partial charge on any atom is 0.258 e. The number of ether oxygens (including phenoxy) is 3. The number of fused-ring (bicyclic) bond motifs is 1. The lowest BCUT2D eigenvalue weighted by molar-refractivity contribution is -0.116. The van der Waals surface area contributed by atoms with Gasteiger partial charge in [0.2, 0.25) is 17.6 Å². The highest BCUT2D eigenvalue weighted by Crippen LogP contribution is 2.43. The molecule has 25 heavy (non-hydrogen) atoms. The van der Waals surface area contributed by atoms with Crippen molar-refractivity contribution >= 4 is 17.7 Å². The summed E-state index contributed by atoms with van der Waals surface area (Å²) < 4.78 is 16.0. The number of methoxy groups -OCH3 is 3. The fourth-order valence-corrected chi connectivity index (χ4v) is 2.98. The normalized spacial score (nSPS) is 16.0. The summed E-state index contributed by atoms with van der Waals surface area (Å²) in [5.41, 5.74) is 6.17. The summed E-state index contributed by atoms with van der Waals surface area (Å²) in [7, 11) is 4.50. The number of nitrogen functional groups attached to an aromatic ring is 1. The predicted octanol–water partition coefficient (Wildman–Crippen LogP) is 0.852. The maximum atomic E-state index is 12.4. The topological polar surface area (TPSA) is 129 Å². The Morgan fingerprint density at radius 1 is 1.12 bits per heavy atom. The average Bonchev–Trinajstić information content (AvgIpc) is 2.58. The highest BCUT2D eigenvalue weighted by molar-refractivity contribution is 5.94. The number of rotatable bonds is 4. The largest absolute Gasteiger partial charge is 0.493 e. The van der Waals surface area contributed by atoms with Crippen molar-refractivity contribution in [3.63, 3.8) is 0 Å². The molecule has 1 aliphatic heterocycles. The molecule has 2 heterocycles. The zero-order valence-electron chi connectivity index (χ0n) is 14.0. The molecule has 1 aromatic carbocycles. The lowest BCUT2D eigenvalue weighted by atomic mass is 9.86. The van der Waals surface area contributed by atoms with Crippen LogP contribution >= 0.6 is 0 Å². The van der Waals surface area contributed by atoms with Crippen molar-refractivity contribution in [3.05, 3.63) is 33.6 Å². The van der Waals surface area contributed by atoms with Crippen LogP contribution in [0.3, 0.4) is 0 Å². The maximum absolute atomic E-state index is 12.4. The minimum atomic E-state index is -0.519. The predicted molar refractivity (Wildman–Crippen MR) is 90.5 cm³/mol. The van der Waals surface area contributed by atoms with Gasteiger partial charge in [0.05, 0.1) is 26.9 Å². The first kappa shape index (κ1) is 16.6. The van der Waals surface area contributed by atoms with Gasteiger partial charge in [-0.25, -0.2) is 0 Å². The third-order valence-electron chi connectivity index (χ3n) is 4.06. The van der Waals surface area contributed by atoms with Crippen LogP contribution in [-0.4, -0.2) is 37.2 Å². The molecule has 0 aliphatic carbocycles. The van der Waals surface area contributed by atoms with E-state index in [1.54, 1.807) is 12.1 Å². The summed E-state index contributed by atoms with van der Waals surface area (Å²) in [6, 6.07) is 3.42. The van der Waals surface area contributed by atoms with Gasteiger partial charge in [0, 0.05) is 12.3 Å². The second-order valence-electron chi connectivity index (χ2n) is 5.48. The number of nitrogens with zero attached hydrogens (tertiary/aromatic N) is 1. The number of hydrogen-bond acceptors (Lipinski definition) is 7. The number of hydrogen-bond donors (Lipinski definition) is 3. The molecular weight excluding hydrogens is 328 g/mol. The van der Waals surface area contributed by atoms with Crippen LogP contribution in [0.2, 0.25) is 0 Å². The lowest BCUT2D eigenvalue weighted by Gasteiger charge is -2.25. The molecule has 1 aliphatic rings. The van der Waals surface area contributed by atoms with Gasteiger partial charge >= 0.3 is 0 Å². The van der Waals surface area contributed by atoms with Crippen molar-refractivity contribution in [1.82, 2.24) is 9.97 Å².